The highest BCUT2D eigenvalue weighted by Gasteiger charge is 2.35. The van der Waals surface area contributed by atoms with Crippen LogP contribution in [0.15, 0.2) is 88.9 Å². The van der Waals surface area contributed by atoms with E-state index in [1.54, 1.807) is 55.7 Å². The van der Waals surface area contributed by atoms with E-state index in [4.69, 9.17) is 11.6 Å². The number of benzene rings is 2. The van der Waals surface area contributed by atoms with Crippen LogP contribution in [0.25, 0.3) is 0 Å². The number of amides is 2. The predicted molar refractivity (Wildman–Crippen MR) is 153 cm³/mol. The maximum atomic E-state index is 13.5. The lowest BCUT2D eigenvalue weighted by Gasteiger charge is -2.29. The van der Waals surface area contributed by atoms with Crippen molar-refractivity contribution in [2.75, 3.05) is 16.4 Å². The molecule has 9 heteroatoms. The lowest BCUT2D eigenvalue weighted by atomic mass is 9.82. The lowest BCUT2D eigenvalue weighted by molar-refractivity contribution is -0.114. The van der Waals surface area contributed by atoms with E-state index in [1.807, 2.05) is 32.0 Å². The Kier molecular flexibility index (Phi) is 8.52. The van der Waals surface area contributed by atoms with Crippen molar-refractivity contribution in [1.82, 2.24) is 10.3 Å². The van der Waals surface area contributed by atoms with Gasteiger partial charge in [-0.2, -0.15) is 5.26 Å². The number of halogens is 1. The zero-order chi connectivity index (χ0) is 27.2. The van der Waals surface area contributed by atoms with Crippen LogP contribution in [0.1, 0.15) is 29.5 Å². The fourth-order valence-corrected chi connectivity index (χ4v) is 5.24. The van der Waals surface area contributed by atoms with Gasteiger partial charge >= 0.3 is 0 Å². The summed E-state index contributed by atoms with van der Waals surface area (Å²) in [7, 11) is 0. The first kappa shape index (κ1) is 27.0. The number of nitriles is 1. The number of thioether (sulfide) groups is 1. The van der Waals surface area contributed by atoms with Crippen molar-refractivity contribution in [2.45, 2.75) is 26.7 Å². The Bertz CT molecular complexity index is 1480. The van der Waals surface area contributed by atoms with Crippen molar-refractivity contribution in [1.29, 1.82) is 5.26 Å². The molecule has 0 saturated carbocycles. The summed E-state index contributed by atoms with van der Waals surface area (Å²) in [4.78, 5) is 30.3. The van der Waals surface area contributed by atoms with Crippen molar-refractivity contribution in [3.05, 3.63) is 111 Å². The van der Waals surface area contributed by atoms with Crippen LogP contribution in [0.5, 0.6) is 0 Å². The molecule has 0 bridgehead atoms. The van der Waals surface area contributed by atoms with Crippen LogP contribution in [-0.2, 0) is 9.59 Å². The minimum absolute atomic E-state index is 0.0868. The molecule has 2 amide bonds. The van der Waals surface area contributed by atoms with Crippen LogP contribution in [0.3, 0.4) is 0 Å². The average molecular weight is 544 g/mol. The maximum Gasteiger partial charge on any atom is 0.254 e. The van der Waals surface area contributed by atoms with Gasteiger partial charge < -0.3 is 16.0 Å². The molecule has 192 valence electrons. The molecule has 0 aliphatic carbocycles. The third-order valence-electron chi connectivity index (χ3n) is 6.04. The van der Waals surface area contributed by atoms with Crippen LogP contribution in [0.4, 0.5) is 11.4 Å². The smallest absolute Gasteiger partial charge is 0.254 e. The number of anilines is 2. The SMILES string of the molecule is CC1=C(C(=O)Nc2ccc(Cl)cc2)C(c2ccncc2)C(C#N)=C(SCC(=O)Nc2ccc(C)cc2C)N1. The summed E-state index contributed by atoms with van der Waals surface area (Å²) >= 11 is 7.20. The molecule has 1 aromatic heterocycles. The second-order valence-corrected chi connectivity index (χ2v) is 10.3. The van der Waals surface area contributed by atoms with Gasteiger partial charge in [0, 0.05) is 40.1 Å². The molecule has 2 heterocycles. The summed E-state index contributed by atoms with van der Waals surface area (Å²) in [5.74, 6) is -1.09. The Morgan fingerprint density at radius 3 is 2.42 bits per heavy atom. The van der Waals surface area contributed by atoms with Gasteiger partial charge in [0.15, 0.2) is 0 Å². The largest absolute Gasteiger partial charge is 0.353 e. The van der Waals surface area contributed by atoms with Gasteiger partial charge in [-0.05, 0) is 74.4 Å². The number of rotatable bonds is 7. The maximum absolute atomic E-state index is 13.5. The molecule has 38 heavy (non-hydrogen) atoms. The second kappa shape index (κ2) is 12.0. The molecule has 1 aliphatic rings. The standard InChI is InChI=1S/C29H26ClN5O2S/c1-17-4-9-24(18(2)14-17)35-25(36)16-38-29-23(15-31)27(20-10-12-32-13-11-20)26(19(3)33-29)28(37)34-22-7-5-21(30)6-8-22/h4-14,27,33H,16H2,1-3H3,(H,34,37)(H,35,36). The molecular weight excluding hydrogens is 518 g/mol. The van der Waals surface area contributed by atoms with Crippen molar-refractivity contribution >= 4 is 46.6 Å². The molecule has 1 aliphatic heterocycles. The minimum Gasteiger partial charge on any atom is -0.353 e. The molecular formula is C29H26ClN5O2S. The molecule has 3 aromatic rings. The number of allylic oxidation sites excluding steroid dienone is 2. The second-order valence-electron chi connectivity index (χ2n) is 8.85. The van der Waals surface area contributed by atoms with E-state index in [9.17, 15) is 14.9 Å². The monoisotopic (exact) mass is 543 g/mol. The number of nitrogens with one attached hydrogen (secondary N) is 3. The normalized spacial score (nSPS) is 15.0. The highest BCUT2D eigenvalue weighted by atomic mass is 35.5. The molecule has 0 spiro atoms. The number of pyridine rings is 1. The Hall–Kier alpha value is -4.06. The van der Waals surface area contributed by atoms with Gasteiger partial charge in [-0.25, -0.2) is 0 Å². The van der Waals surface area contributed by atoms with Gasteiger partial charge in [0.2, 0.25) is 5.91 Å². The lowest BCUT2D eigenvalue weighted by Crippen LogP contribution is -2.31. The number of carbonyl (C=O) groups is 2. The van der Waals surface area contributed by atoms with E-state index < -0.39 is 5.92 Å². The van der Waals surface area contributed by atoms with Crippen LogP contribution in [-0.4, -0.2) is 22.6 Å². The third-order valence-corrected chi connectivity index (χ3v) is 7.31. The summed E-state index contributed by atoms with van der Waals surface area (Å²) in [5, 5.41) is 20.3. The first-order valence-corrected chi connectivity index (χ1v) is 13.2. The van der Waals surface area contributed by atoms with Crippen LogP contribution in [0, 0.1) is 25.2 Å². The van der Waals surface area contributed by atoms with Gasteiger partial charge in [-0.1, -0.05) is 41.1 Å². The molecule has 7 nitrogen and oxygen atoms in total. The van der Waals surface area contributed by atoms with Crippen molar-refractivity contribution in [2.24, 2.45) is 0 Å². The summed E-state index contributed by atoms with van der Waals surface area (Å²) in [6.45, 7) is 5.73. The van der Waals surface area contributed by atoms with Gasteiger partial charge in [0.1, 0.15) is 0 Å². The predicted octanol–water partition coefficient (Wildman–Crippen LogP) is 6.06. The van der Waals surface area contributed by atoms with Crippen molar-refractivity contribution < 1.29 is 9.59 Å². The summed E-state index contributed by atoms with van der Waals surface area (Å²) in [6, 6.07) is 18.5. The summed E-state index contributed by atoms with van der Waals surface area (Å²) < 4.78 is 0. The topological polar surface area (TPSA) is 107 Å². The molecule has 0 radical (unpaired) electrons. The number of hydrogen-bond donors (Lipinski definition) is 3. The van der Waals surface area contributed by atoms with E-state index in [1.165, 1.54) is 11.8 Å². The Morgan fingerprint density at radius 2 is 1.76 bits per heavy atom. The quantitative estimate of drug-likeness (QED) is 0.334. The van der Waals surface area contributed by atoms with E-state index in [0.717, 1.165) is 22.4 Å². The summed E-state index contributed by atoms with van der Waals surface area (Å²) in [5.41, 5.74) is 5.53. The van der Waals surface area contributed by atoms with Crippen LogP contribution in [0.2, 0.25) is 5.02 Å². The van der Waals surface area contributed by atoms with Crippen LogP contribution >= 0.6 is 23.4 Å². The van der Waals surface area contributed by atoms with E-state index in [0.29, 0.717) is 32.6 Å². The molecule has 2 aromatic carbocycles. The third kappa shape index (κ3) is 6.25. The Balaban J connectivity index is 1.60. The van der Waals surface area contributed by atoms with Crippen molar-refractivity contribution in [3.63, 3.8) is 0 Å². The first-order chi connectivity index (χ1) is 18.3. The van der Waals surface area contributed by atoms with Gasteiger partial charge in [0.25, 0.3) is 5.91 Å². The van der Waals surface area contributed by atoms with Gasteiger partial charge in [-0.3, -0.25) is 14.6 Å². The fraction of sp³-hybridized carbons (Fsp3) is 0.172. The number of nitrogens with zero attached hydrogens (tertiary/aromatic N) is 2. The number of aryl methyl sites for hydroxylation is 2. The molecule has 0 saturated heterocycles. The zero-order valence-electron chi connectivity index (χ0n) is 21.1. The summed E-state index contributed by atoms with van der Waals surface area (Å²) in [6.07, 6.45) is 3.25. The van der Waals surface area contributed by atoms with E-state index >= 15 is 0 Å². The molecule has 1 unspecified atom stereocenters. The molecule has 4 rings (SSSR count). The van der Waals surface area contributed by atoms with Crippen LogP contribution < -0.4 is 16.0 Å². The van der Waals surface area contributed by atoms with E-state index in [2.05, 4.69) is 27.0 Å². The Labute approximate surface area is 231 Å². The molecule has 0 fully saturated rings. The highest BCUT2D eigenvalue weighted by molar-refractivity contribution is 8.03. The number of dihydropyridines is 1. The molecule has 3 N–H and O–H groups in total. The van der Waals surface area contributed by atoms with Crippen molar-refractivity contribution in [3.8, 4) is 6.07 Å². The minimum atomic E-state index is -0.638. The fourth-order valence-electron chi connectivity index (χ4n) is 4.23. The number of carbonyl (C=O) groups excluding carboxylic acids is 2. The Morgan fingerprint density at radius 1 is 1.05 bits per heavy atom. The molecule has 1 atom stereocenters. The zero-order valence-corrected chi connectivity index (χ0v) is 22.7. The number of aromatic nitrogens is 1. The van der Waals surface area contributed by atoms with Gasteiger partial charge in [-0.15, -0.1) is 0 Å². The number of hydrogen-bond acceptors (Lipinski definition) is 6. The van der Waals surface area contributed by atoms with E-state index in [-0.39, 0.29) is 17.6 Å². The average Bonchev–Trinajstić information content (AvgIpc) is 2.90. The first-order valence-electron chi connectivity index (χ1n) is 11.9. The van der Waals surface area contributed by atoms with Gasteiger partial charge in [0.05, 0.1) is 28.3 Å². The highest BCUT2D eigenvalue weighted by Crippen LogP contribution is 2.40.